The monoisotopic (exact) mass is 127 g/mol. The summed E-state index contributed by atoms with van der Waals surface area (Å²) in [5.74, 6) is 0. The quantitative estimate of drug-likeness (QED) is 0.536. The SMILES string of the molecule is CC(N)N1C=CN(C)C1. The Morgan fingerprint density at radius 1 is 1.56 bits per heavy atom. The van der Waals surface area contributed by atoms with Crippen LogP contribution in [-0.4, -0.2) is 29.7 Å². The van der Waals surface area contributed by atoms with Crippen molar-refractivity contribution >= 4 is 0 Å². The number of rotatable bonds is 1. The maximum Gasteiger partial charge on any atom is 0.0905 e. The highest BCUT2D eigenvalue weighted by molar-refractivity contribution is 4.89. The fourth-order valence-electron chi connectivity index (χ4n) is 0.816. The van der Waals surface area contributed by atoms with Gasteiger partial charge in [0.1, 0.15) is 0 Å². The molecule has 0 amide bonds. The third-order valence-electron chi connectivity index (χ3n) is 1.42. The topological polar surface area (TPSA) is 32.5 Å². The molecule has 0 aromatic rings. The second-order valence-corrected chi connectivity index (χ2v) is 2.45. The Morgan fingerprint density at radius 2 is 2.22 bits per heavy atom. The Bertz CT molecular complexity index is 119. The van der Waals surface area contributed by atoms with Gasteiger partial charge in [-0.1, -0.05) is 0 Å². The predicted molar refractivity (Wildman–Crippen MR) is 37.3 cm³/mol. The summed E-state index contributed by atoms with van der Waals surface area (Å²) in [5.41, 5.74) is 5.61. The molecule has 1 rings (SSSR count). The van der Waals surface area contributed by atoms with Gasteiger partial charge in [-0.3, -0.25) is 0 Å². The molecule has 2 N–H and O–H groups in total. The lowest BCUT2D eigenvalue weighted by Crippen LogP contribution is -2.36. The summed E-state index contributed by atoms with van der Waals surface area (Å²) in [4.78, 5) is 4.16. The van der Waals surface area contributed by atoms with Crippen LogP contribution in [0.15, 0.2) is 12.4 Å². The number of hydrogen-bond acceptors (Lipinski definition) is 3. The zero-order chi connectivity index (χ0) is 6.85. The van der Waals surface area contributed by atoms with Crippen molar-refractivity contribution in [2.75, 3.05) is 13.7 Å². The van der Waals surface area contributed by atoms with E-state index in [0.717, 1.165) is 6.67 Å². The van der Waals surface area contributed by atoms with E-state index in [1.807, 2.05) is 26.4 Å². The third-order valence-corrected chi connectivity index (χ3v) is 1.42. The van der Waals surface area contributed by atoms with E-state index >= 15 is 0 Å². The lowest BCUT2D eigenvalue weighted by molar-refractivity contribution is 0.246. The van der Waals surface area contributed by atoms with E-state index in [1.54, 1.807) is 0 Å². The second-order valence-electron chi connectivity index (χ2n) is 2.45. The Labute approximate surface area is 55.7 Å². The number of hydrogen-bond donors (Lipinski definition) is 1. The van der Waals surface area contributed by atoms with Crippen LogP contribution in [0.4, 0.5) is 0 Å². The Balaban J connectivity index is 2.41. The van der Waals surface area contributed by atoms with Crippen molar-refractivity contribution in [1.82, 2.24) is 9.80 Å². The van der Waals surface area contributed by atoms with Gasteiger partial charge in [0.25, 0.3) is 0 Å². The van der Waals surface area contributed by atoms with Crippen LogP contribution in [0.5, 0.6) is 0 Å². The molecule has 3 heteroatoms. The highest BCUT2D eigenvalue weighted by Gasteiger charge is 2.10. The van der Waals surface area contributed by atoms with Gasteiger partial charge in [-0.05, 0) is 6.92 Å². The summed E-state index contributed by atoms with van der Waals surface area (Å²) in [6.45, 7) is 2.89. The molecule has 9 heavy (non-hydrogen) atoms. The average Bonchev–Trinajstić information content (AvgIpc) is 2.14. The molecular weight excluding hydrogens is 114 g/mol. The fourth-order valence-corrected chi connectivity index (χ4v) is 0.816. The first-order chi connectivity index (χ1) is 4.20. The summed E-state index contributed by atoms with van der Waals surface area (Å²) < 4.78 is 0. The molecule has 1 unspecified atom stereocenters. The molecule has 0 radical (unpaired) electrons. The molecule has 1 aliphatic rings. The highest BCUT2D eigenvalue weighted by Crippen LogP contribution is 2.04. The first-order valence-electron chi connectivity index (χ1n) is 3.10. The maximum absolute atomic E-state index is 5.61. The van der Waals surface area contributed by atoms with Crippen LogP contribution in [0.25, 0.3) is 0 Å². The lowest BCUT2D eigenvalue weighted by Gasteiger charge is -2.21. The van der Waals surface area contributed by atoms with Crippen molar-refractivity contribution < 1.29 is 0 Å². The summed E-state index contributed by atoms with van der Waals surface area (Å²) in [5, 5.41) is 0. The Kier molecular flexibility index (Phi) is 1.62. The molecule has 1 atom stereocenters. The van der Waals surface area contributed by atoms with E-state index in [9.17, 15) is 0 Å². The van der Waals surface area contributed by atoms with Crippen LogP contribution in [0, 0.1) is 0 Å². The predicted octanol–water partition coefficient (Wildman–Crippen LogP) is -0.0328. The van der Waals surface area contributed by atoms with Gasteiger partial charge in [0.2, 0.25) is 0 Å². The number of nitrogens with two attached hydrogens (primary N) is 1. The molecule has 0 bridgehead atoms. The summed E-state index contributed by atoms with van der Waals surface area (Å²) in [7, 11) is 2.03. The zero-order valence-corrected chi connectivity index (χ0v) is 5.91. The molecule has 52 valence electrons. The molecule has 3 nitrogen and oxygen atoms in total. The standard InChI is InChI=1S/C6H13N3/c1-6(7)9-4-3-8(2)5-9/h3-4,6H,5,7H2,1-2H3. The second kappa shape index (κ2) is 2.27. The lowest BCUT2D eigenvalue weighted by atomic mass is 10.5. The fraction of sp³-hybridized carbons (Fsp3) is 0.667. The first kappa shape index (κ1) is 6.42. The van der Waals surface area contributed by atoms with Crippen LogP contribution >= 0.6 is 0 Å². The van der Waals surface area contributed by atoms with E-state index in [-0.39, 0.29) is 6.17 Å². The van der Waals surface area contributed by atoms with Crippen LogP contribution in [0.3, 0.4) is 0 Å². The van der Waals surface area contributed by atoms with Crippen molar-refractivity contribution in [2.45, 2.75) is 13.1 Å². The van der Waals surface area contributed by atoms with Crippen LogP contribution < -0.4 is 5.73 Å². The van der Waals surface area contributed by atoms with Crippen molar-refractivity contribution in [1.29, 1.82) is 0 Å². The van der Waals surface area contributed by atoms with Crippen LogP contribution in [-0.2, 0) is 0 Å². The van der Waals surface area contributed by atoms with Crippen LogP contribution in [0.2, 0.25) is 0 Å². The maximum atomic E-state index is 5.61. The smallest absolute Gasteiger partial charge is 0.0905 e. The number of nitrogens with zero attached hydrogens (tertiary/aromatic N) is 2. The largest absolute Gasteiger partial charge is 0.362 e. The van der Waals surface area contributed by atoms with Gasteiger partial charge in [0.05, 0.1) is 12.8 Å². The van der Waals surface area contributed by atoms with Crippen molar-refractivity contribution in [3.8, 4) is 0 Å². The summed E-state index contributed by atoms with van der Waals surface area (Å²) in [6.07, 6.45) is 4.15. The van der Waals surface area contributed by atoms with Gasteiger partial charge in [0, 0.05) is 19.4 Å². The molecule has 1 aliphatic heterocycles. The van der Waals surface area contributed by atoms with Crippen LogP contribution in [0.1, 0.15) is 6.92 Å². The van der Waals surface area contributed by atoms with Crippen molar-refractivity contribution in [2.24, 2.45) is 5.73 Å². The Morgan fingerprint density at radius 3 is 2.44 bits per heavy atom. The van der Waals surface area contributed by atoms with Gasteiger partial charge in [-0.2, -0.15) is 0 Å². The highest BCUT2D eigenvalue weighted by atomic mass is 15.4. The Hall–Kier alpha value is -0.700. The van der Waals surface area contributed by atoms with Gasteiger partial charge < -0.3 is 15.5 Å². The van der Waals surface area contributed by atoms with Gasteiger partial charge in [-0.25, -0.2) is 0 Å². The molecule has 0 aromatic heterocycles. The van der Waals surface area contributed by atoms with E-state index in [0.29, 0.717) is 0 Å². The molecule has 0 spiro atoms. The molecular formula is C6H13N3. The molecule has 0 aliphatic carbocycles. The summed E-state index contributed by atoms with van der Waals surface area (Å²) in [6, 6.07) is 0. The zero-order valence-electron chi connectivity index (χ0n) is 5.91. The first-order valence-corrected chi connectivity index (χ1v) is 3.10. The third kappa shape index (κ3) is 1.36. The van der Waals surface area contributed by atoms with E-state index in [2.05, 4.69) is 9.80 Å². The van der Waals surface area contributed by atoms with E-state index in [1.165, 1.54) is 0 Å². The van der Waals surface area contributed by atoms with Crippen molar-refractivity contribution in [3.63, 3.8) is 0 Å². The minimum atomic E-state index is 0.131. The van der Waals surface area contributed by atoms with Gasteiger partial charge in [-0.15, -0.1) is 0 Å². The molecule has 1 heterocycles. The molecule has 0 saturated heterocycles. The van der Waals surface area contributed by atoms with Gasteiger partial charge in [0.15, 0.2) is 0 Å². The molecule has 0 fully saturated rings. The molecule has 0 aromatic carbocycles. The average molecular weight is 127 g/mol. The molecule has 0 saturated carbocycles. The van der Waals surface area contributed by atoms with E-state index in [4.69, 9.17) is 5.73 Å². The minimum Gasteiger partial charge on any atom is -0.362 e. The van der Waals surface area contributed by atoms with Crippen molar-refractivity contribution in [3.05, 3.63) is 12.4 Å². The minimum absolute atomic E-state index is 0.131. The van der Waals surface area contributed by atoms with Gasteiger partial charge >= 0.3 is 0 Å². The normalized spacial score (nSPS) is 21.2. The summed E-state index contributed by atoms with van der Waals surface area (Å²) >= 11 is 0. The van der Waals surface area contributed by atoms with E-state index < -0.39 is 0 Å².